The molecule has 3 aromatic heterocycles. The van der Waals surface area contributed by atoms with Gasteiger partial charge in [-0.3, -0.25) is 9.48 Å². The van der Waals surface area contributed by atoms with E-state index in [1.807, 2.05) is 43.6 Å². The average Bonchev–Trinajstić information content (AvgIpc) is 3.38. The molecule has 0 unspecified atom stereocenters. The highest BCUT2D eigenvalue weighted by Gasteiger charge is 2.16. The molecule has 0 saturated heterocycles. The van der Waals surface area contributed by atoms with Crippen molar-refractivity contribution in [1.82, 2.24) is 29.7 Å². The van der Waals surface area contributed by atoms with Crippen LogP contribution in [-0.2, 0) is 26.4 Å². The summed E-state index contributed by atoms with van der Waals surface area (Å²) in [5.41, 5.74) is 2.55. The molecule has 0 saturated carbocycles. The van der Waals surface area contributed by atoms with Gasteiger partial charge >= 0.3 is 0 Å². The third-order valence-electron chi connectivity index (χ3n) is 4.63. The van der Waals surface area contributed by atoms with Gasteiger partial charge in [0.25, 0.3) is 5.56 Å². The monoisotopic (exact) mass is 425 g/mol. The van der Waals surface area contributed by atoms with Crippen molar-refractivity contribution >= 4 is 17.3 Å². The summed E-state index contributed by atoms with van der Waals surface area (Å²) in [5.74, 6) is 0.898. The van der Waals surface area contributed by atoms with E-state index in [1.165, 1.54) is 4.68 Å². The van der Waals surface area contributed by atoms with Crippen LogP contribution >= 0.6 is 11.6 Å². The number of halogens is 1. The van der Waals surface area contributed by atoms with E-state index >= 15 is 0 Å². The van der Waals surface area contributed by atoms with Crippen LogP contribution in [0.4, 0.5) is 5.69 Å². The molecule has 30 heavy (non-hydrogen) atoms. The van der Waals surface area contributed by atoms with E-state index in [0.717, 1.165) is 12.0 Å². The largest absolute Gasteiger partial charge is 0.383 e. The molecule has 0 bridgehead atoms. The van der Waals surface area contributed by atoms with Gasteiger partial charge in [0.15, 0.2) is 5.82 Å². The number of rotatable bonds is 7. The minimum absolute atomic E-state index is 0.0873. The lowest BCUT2D eigenvalue weighted by atomic mass is 10.1. The van der Waals surface area contributed by atoms with Crippen molar-refractivity contribution in [3.8, 4) is 11.3 Å². The Balaban J connectivity index is 1.49. The lowest BCUT2D eigenvalue weighted by molar-refractivity contribution is 0.358. The molecular formula is C20H20ClN7O2. The number of aryl methyl sites for hydroxylation is 3. The second kappa shape index (κ2) is 8.50. The van der Waals surface area contributed by atoms with Gasteiger partial charge in [0.2, 0.25) is 5.89 Å². The summed E-state index contributed by atoms with van der Waals surface area (Å²) in [6.07, 6.45) is 4.79. The van der Waals surface area contributed by atoms with E-state index in [0.29, 0.717) is 40.1 Å². The number of nitrogens with zero attached hydrogens (tertiary/aromatic N) is 6. The molecule has 3 heterocycles. The number of nitrogens with one attached hydrogen (secondary N) is 1. The van der Waals surface area contributed by atoms with Gasteiger partial charge in [-0.2, -0.15) is 15.2 Å². The summed E-state index contributed by atoms with van der Waals surface area (Å²) in [6, 6.07) is 9.46. The molecule has 9 nitrogen and oxygen atoms in total. The molecule has 4 aromatic rings. The third kappa shape index (κ3) is 4.25. The van der Waals surface area contributed by atoms with E-state index < -0.39 is 0 Å². The average molecular weight is 426 g/mol. The molecular weight excluding hydrogens is 406 g/mol. The Morgan fingerprint density at radius 1 is 1.17 bits per heavy atom. The molecule has 0 fully saturated rings. The van der Waals surface area contributed by atoms with Gasteiger partial charge in [-0.25, -0.2) is 4.68 Å². The molecule has 0 aliphatic rings. The van der Waals surface area contributed by atoms with Gasteiger partial charge in [0, 0.05) is 31.7 Å². The normalized spacial score (nSPS) is 11.0. The van der Waals surface area contributed by atoms with Crippen LogP contribution in [0.15, 0.2) is 52.0 Å². The first-order valence-corrected chi connectivity index (χ1v) is 9.75. The van der Waals surface area contributed by atoms with E-state index in [-0.39, 0.29) is 12.1 Å². The van der Waals surface area contributed by atoms with Crippen molar-refractivity contribution in [2.75, 3.05) is 12.4 Å². The predicted octanol–water partition coefficient (Wildman–Crippen LogP) is 2.56. The summed E-state index contributed by atoms with van der Waals surface area (Å²) in [4.78, 5) is 17.2. The van der Waals surface area contributed by atoms with Crippen molar-refractivity contribution in [3.63, 3.8) is 0 Å². The maximum Gasteiger partial charge on any atom is 0.291 e. The van der Waals surface area contributed by atoms with Crippen molar-refractivity contribution in [1.29, 1.82) is 0 Å². The Kier molecular flexibility index (Phi) is 5.62. The molecule has 0 spiro atoms. The van der Waals surface area contributed by atoms with Crippen LogP contribution in [-0.4, -0.2) is 36.7 Å². The first kappa shape index (κ1) is 19.8. The summed E-state index contributed by atoms with van der Waals surface area (Å²) < 4.78 is 8.26. The Morgan fingerprint density at radius 2 is 1.97 bits per heavy atom. The number of hydrogen-bond acceptors (Lipinski definition) is 7. The zero-order chi connectivity index (χ0) is 21.1. The number of anilines is 1. The highest BCUT2D eigenvalue weighted by atomic mass is 35.5. The van der Waals surface area contributed by atoms with Crippen LogP contribution < -0.4 is 10.9 Å². The first-order valence-electron chi connectivity index (χ1n) is 9.37. The fourth-order valence-corrected chi connectivity index (χ4v) is 3.21. The molecule has 154 valence electrons. The highest BCUT2D eigenvalue weighted by molar-refractivity contribution is 6.30. The summed E-state index contributed by atoms with van der Waals surface area (Å²) in [6.45, 7) is 0.0873. The van der Waals surface area contributed by atoms with Crippen molar-refractivity contribution < 1.29 is 4.52 Å². The lowest BCUT2D eigenvalue weighted by Crippen LogP contribution is -2.26. The van der Waals surface area contributed by atoms with Gasteiger partial charge in [-0.15, -0.1) is 0 Å². The van der Waals surface area contributed by atoms with Gasteiger partial charge < -0.3 is 9.84 Å². The fourth-order valence-electron chi connectivity index (χ4n) is 3.09. The highest BCUT2D eigenvalue weighted by Crippen LogP contribution is 2.22. The summed E-state index contributed by atoms with van der Waals surface area (Å²) >= 11 is 5.91. The zero-order valence-corrected chi connectivity index (χ0v) is 17.3. The number of aromatic nitrogens is 6. The van der Waals surface area contributed by atoms with E-state index in [1.54, 1.807) is 17.9 Å². The van der Waals surface area contributed by atoms with Crippen LogP contribution in [0.1, 0.15) is 17.3 Å². The molecule has 0 aliphatic heterocycles. The molecule has 1 aromatic carbocycles. The SMILES string of the molecule is CNc1c(-c2ccn(C)n2)cnn(Cc2nc(CCc3ccc(Cl)cc3)no2)c1=O. The van der Waals surface area contributed by atoms with Gasteiger partial charge in [0.1, 0.15) is 12.2 Å². The van der Waals surface area contributed by atoms with Crippen molar-refractivity contribution in [2.45, 2.75) is 19.4 Å². The maximum absolute atomic E-state index is 12.9. The van der Waals surface area contributed by atoms with Crippen LogP contribution in [0, 0.1) is 0 Å². The molecule has 0 aliphatic carbocycles. The van der Waals surface area contributed by atoms with E-state index in [9.17, 15) is 4.79 Å². The smallest absolute Gasteiger partial charge is 0.291 e. The quantitative estimate of drug-likeness (QED) is 0.485. The fraction of sp³-hybridized carbons (Fsp3) is 0.250. The molecule has 10 heteroatoms. The Morgan fingerprint density at radius 3 is 2.67 bits per heavy atom. The van der Waals surface area contributed by atoms with Crippen molar-refractivity contribution in [2.24, 2.45) is 7.05 Å². The number of benzene rings is 1. The van der Waals surface area contributed by atoms with Gasteiger partial charge in [-0.05, 0) is 30.2 Å². The minimum Gasteiger partial charge on any atom is -0.383 e. The zero-order valence-electron chi connectivity index (χ0n) is 16.5. The minimum atomic E-state index is -0.290. The standard InChI is InChI=1S/C20H20ClN7O2/c1-22-19-15(16-9-10-27(2)25-16)11-23-28(20(19)29)12-18-24-17(26-30-18)8-5-13-3-6-14(21)7-4-13/h3-4,6-7,9-11,22H,5,8,12H2,1-2H3. The Labute approximate surface area is 177 Å². The number of hydrogen-bond donors (Lipinski definition) is 1. The molecule has 0 radical (unpaired) electrons. The van der Waals surface area contributed by atoms with Crippen LogP contribution in [0.5, 0.6) is 0 Å². The Bertz CT molecular complexity index is 1210. The van der Waals surface area contributed by atoms with Gasteiger partial charge in [0.05, 0.1) is 17.5 Å². The predicted molar refractivity (Wildman–Crippen MR) is 113 cm³/mol. The molecule has 0 amide bonds. The lowest BCUT2D eigenvalue weighted by Gasteiger charge is -2.08. The third-order valence-corrected chi connectivity index (χ3v) is 4.88. The molecule has 1 N–H and O–H groups in total. The first-order chi connectivity index (χ1) is 14.5. The Hall–Kier alpha value is -3.46. The van der Waals surface area contributed by atoms with E-state index in [2.05, 4.69) is 25.7 Å². The van der Waals surface area contributed by atoms with Crippen molar-refractivity contribution in [3.05, 3.63) is 75.4 Å². The van der Waals surface area contributed by atoms with Crippen LogP contribution in [0.25, 0.3) is 11.3 Å². The molecule has 4 rings (SSSR count). The summed E-state index contributed by atoms with van der Waals surface area (Å²) in [5, 5.41) is 16.2. The molecule has 0 atom stereocenters. The maximum atomic E-state index is 12.9. The second-order valence-corrected chi connectivity index (χ2v) is 7.19. The van der Waals surface area contributed by atoms with Gasteiger partial charge in [-0.1, -0.05) is 28.9 Å². The van der Waals surface area contributed by atoms with Crippen LogP contribution in [0.2, 0.25) is 5.02 Å². The summed E-state index contributed by atoms with van der Waals surface area (Å²) in [7, 11) is 3.51. The van der Waals surface area contributed by atoms with Crippen LogP contribution in [0.3, 0.4) is 0 Å². The van der Waals surface area contributed by atoms with E-state index in [4.69, 9.17) is 16.1 Å². The topological polar surface area (TPSA) is 104 Å². The second-order valence-electron chi connectivity index (χ2n) is 6.75.